The maximum atomic E-state index is 14.7. The first-order valence-electron chi connectivity index (χ1n) is 13.8. The highest BCUT2D eigenvalue weighted by Gasteiger charge is 2.45. The van der Waals surface area contributed by atoms with E-state index in [4.69, 9.17) is 9.47 Å². The molecule has 2 aromatic rings. The number of carbonyl (C=O) groups excluding carboxylic acids is 1. The smallest absolute Gasteiger partial charge is 0.400 e. The molecule has 7 heteroatoms. The van der Waals surface area contributed by atoms with Crippen LogP contribution in [0.5, 0.6) is 5.75 Å². The van der Waals surface area contributed by atoms with E-state index in [9.17, 15) is 22.4 Å². The Labute approximate surface area is 222 Å². The summed E-state index contributed by atoms with van der Waals surface area (Å²) in [5, 5.41) is 0. The second kappa shape index (κ2) is 12.8. The number of benzene rings is 2. The van der Waals surface area contributed by atoms with Gasteiger partial charge in [-0.15, -0.1) is 0 Å². The molecule has 206 valence electrons. The van der Waals surface area contributed by atoms with Crippen molar-refractivity contribution in [3.63, 3.8) is 0 Å². The minimum Gasteiger partial charge on any atom is -0.432 e. The summed E-state index contributed by atoms with van der Waals surface area (Å²) in [6.45, 7) is 2.11. The monoisotopic (exact) mass is 532 g/mol. The number of unbranched alkanes of at least 4 members (excludes halogenated alkanes) is 2. The fourth-order valence-corrected chi connectivity index (χ4v) is 5.65. The Bertz CT molecular complexity index is 1100. The summed E-state index contributed by atoms with van der Waals surface area (Å²) in [7, 11) is 0. The van der Waals surface area contributed by atoms with Gasteiger partial charge in [0.15, 0.2) is 0 Å². The molecule has 0 heterocycles. The van der Waals surface area contributed by atoms with Crippen LogP contribution in [0.1, 0.15) is 87.1 Å². The number of allylic oxidation sites excluding steroid dienone is 2. The fraction of sp³-hybridized carbons (Fsp3) is 0.516. The molecule has 0 bridgehead atoms. The van der Waals surface area contributed by atoms with E-state index >= 15 is 0 Å². The van der Waals surface area contributed by atoms with Gasteiger partial charge in [0.2, 0.25) is 0 Å². The van der Waals surface area contributed by atoms with Gasteiger partial charge in [0.1, 0.15) is 23.1 Å². The van der Waals surface area contributed by atoms with Crippen LogP contribution < -0.4 is 4.74 Å². The number of ether oxygens (including phenoxy) is 2. The van der Waals surface area contributed by atoms with Gasteiger partial charge in [0, 0.05) is 6.42 Å². The van der Waals surface area contributed by atoms with E-state index in [1.807, 2.05) is 6.08 Å². The van der Waals surface area contributed by atoms with E-state index in [0.717, 1.165) is 49.8 Å². The Morgan fingerprint density at radius 3 is 2.32 bits per heavy atom. The molecule has 1 atom stereocenters. The van der Waals surface area contributed by atoms with Crippen molar-refractivity contribution in [3.05, 3.63) is 77.1 Å². The number of esters is 1. The number of carbonyl (C=O) groups is 1. The summed E-state index contributed by atoms with van der Waals surface area (Å²) in [4.78, 5) is 12.6. The van der Waals surface area contributed by atoms with Gasteiger partial charge in [0.05, 0.1) is 11.5 Å². The van der Waals surface area contributed by atoms with E-state index < -0.39 is 29.6 Å². The summed E-state index contributed by atoms with van der Waals surface area (Å²) in [5.74, 6) is -1.46. The highest BCUT2D eigenvalue weighted by molar-refractivity contribution is 5.90. The zero-order chi connectivity index (χ0) is 27.1. The first-order valence-corrected chi connectivity index (χ1v) is 13.8. The number of halogens is 4. The number of alkyl halides is 2. The zero-order valence-corrected chi connectivity index (χ0v) is 21.9. The summed E-state index contributed by atoms with van der Waals surface area (Å²) >= 11 is 0. The Hall–Kier alpha value is -2.83. The first-order chi connectivity index (χ1) is 18.2. The number of hydrogen-bond donors (Lipinski definition) is 0. The van der Waals surface area contributed by atoms with Crippen LogP contribution in [0.3, 0.4) is 0 Å². The molecule has 2 aliphatic rings. The van der Waals surface area contributed by atoms with Crippen LogP contribution in [0, 0.1) is 29.4 Å². The standard InChI is InChI=1S/C31H36F4O3/c1-2-3-4-5-21-6-19-28(29(33)20-21)30(36)37-26-15-9-23(10-16-26)22-7-11-24(12-8-22)31(34,35)38-27-17-13-25(32)14-18-27/h6,13-15,17-20,22-24H,2-5,7-12,16H2,1H3. The predicted molar refractivity (Wildman–Crippen MR) is 138 cm³/mol. The molecule has 1 fully saturated rings. The molecule has 0 radical (unpaired) electrons. The Morgan fingerprint density at radius 2 is 1.68 bits per heavy atom. The van der Waals surface area contributed by atoms with Gasteiger partial charge >= 0.3 is 12.1 Å². The molecule has 0 amide bonds. The third-order valence-electron chi connectivity index (χ3n) is 7.94. The van der Waals surface area contributed by atoms with Crippen molar-refractivity contribution in [2.45, 2.75) is 83.7 Å². The van der Waals surface area contributed by atoms with Crippen molar-refractivity contribution in [3.8, 4) is 5.75 Å². The average Bonchev–Trinajstić information content (AvgIpc) is 2.90. The Kier molecular flexibility index (Phi) is 9.50. The van der Waals surface area contributed by atoms with Crippen molar-refractivity contribution in [2.24, 2.45) is 17.8 Å². The summed E-state index contributed by atoms with van der Waals surface area (Å²) in [6.07, 6.45) is 6.67. The SMILES string of the molecule is CCCCCc1ccc(C(=O)OC2=CCC(C3CCC(C(F)(F)Oc4ccc(F)cc4)CC3)CC2)c(F)c1. The maximum absolute atomic E-state index is 14.7. The van der Waals surface area contributed by atoms with Gasteiger partial charge in [-0.3, -0.25) is 0 Å². The Morgan fingerprint density at radius 1 is 0.947 bits per heavy atom. The topological polar surface area (TPSA) is 35.5 Å². The first kappa shape index (κ1) is 28.2. The number of rotatable bonds is 10. The largest absolute Gasteiger partial charge is 0.432 e. The van der Waals surface area contributed by atoms with E-state index in [0.29, 0.717) is 56.1 Å². The molecule has 0 aliphatic heterocycles. The number of hydrogen-bond acceptors (Lipinski definition) is 3. The van der Waals surface area contributed by atoms with Gasteiger partial charge in [-0.25, -0.2) is 13.6 Å². The van der Waals surface area contributed by atoms with Crippen LogP contribution >= 0.6 is 0 Å². The highest BCUT2D eigenvalue weighted by Crippen LogP contribution is 2.44. The summed E-state index contributed by atoms with van der Waals surface area (Å²) in [5.41, 5.74) is 0.816. The molecule has 0 aromatic heterocycles. The molecule has 2 aromatic carbocycles. The highest BCUT2D eigenvalue weighted by atomic mass is 19.3. The minimum atomic E-state index is -3.31. The molecule has 3 nitrogen and oxygen atoms in total. The van der Waals surface area contributed by atoms with Gasteiger partial charge < -0.3 is 9.47 Å². The van der Waals surface area contributed by atoms with Gasteiger partial charge in [0.25, 0.3) is 0 Å². The van der Waals surface area contributed by atoms with Crippen LogP contribution in [0.15, 0.2) is 54.3 Å². The van der Waals surface area contributed by atoms with Crippen molar-refractivity contribution in [2.75, 3.05) is 0 Å². The fourth-order valence-electron chi connectivity index (χ4n) is 5.65. The Balaban J connectivity index is 1.24. The van der Waals surface area contributed by atoms with Crippen LogP contribution in [-0.2, 0) is 11.2 Å². The molecule has 4 rings (SSSR count). The van der Waals surface area contributed by atoms with Gasteiger partial charge in [-0.2, -0.15) is 8.78 Å². The molecule has 38 heavy (non-hydrogen) atoms. The third kappa shape index (κ3) is 7.39. The van der Waals surface area contributed by atoms with E-state index in [1.54, 1.807) is 6.07 Å². The zero-order valence-electron chi connectivity index (χ0n) is 21.9. The summed E-state index contributed by atoms with van der Waals surface area (Å²) < 4.78 is 67.4. The lowest BCUT2D eigenvalue weighted by atomic mass is 9.72. The van der Waals surface area contributed by atoms with Crippen LogP contribution in [0.25, 0.3) is 0 Å². The van der Waals surface area contributed by atoms with Gasteiger partial charge in [-0.05, 0) is 111 Å². The predicted octanol–water partition coefficient (Wildman–Crippen LogP) is 9.02. The third-order valence-corrected chi connectivity index (χ3v) is 7.94. The van der Waals surface area contributed by atoms with E-state index in [2.05, 4.69) is 6.92 Å². The second-order valence-corrected chi connectivity index (χ2v) is 10.6. The van der Waals surface area contributed by atoms with Gasteiger partial charge in [-0.1, -0.05) is 25.8 Å². The lowest BCUT2D eigenvalue weighted by molar-refractivity contribution is -0.224. The molecule has 0 N–H and O–H groups in total. The van der Waals surface area contributed by atoms with Crippen LogP contribution in [0.2, 0.25) is 0 Å². The normalized spacial score (nSPS) is 22.0. The van der Waals surface area contributed by atoms with Crippen molar-refractivity contribution in [1.82, 2.24) is 0 Å². The van der Waals surface area contributed by atoms with Crippen LogP contribution in [-0.4, -0.2) is 12.1 Å². The lowest BCUT2D eigenvalue weighted by Crippen LogP contribution is -2.38. The minimum absolute atomic E-state index is 0.0409. The molecule has 0 saturated heterocycles. The molecular formula is C31H36F4O3. The van der Waals surface area contributed by atoms with E-state index in [1.165, 1.54) is 24.3 Å². The number of aryl methyl sites for hydroxylation is 1. The van der Waals surface area contributed by atoms with Crippen LogP contribution in [0.4, 0.5) is 17.6 Å². The molecule has 2 aliphatic carbocycles. The maximum Gasteiger partial charge on any atom is 0.400 e. The molecule has 1 unspecified atom stereocenters. The quantitative estimate of drug-likeness (QED) is 0.174. The van der Waals surface area contributed by atoms with E-state index in [-0.39, 0.29) is 11.3 Å². The molecular weight excluding hydrogens is 496 g/mol. The lowest BCUT2D eigenvalue weighted by Gasteiger charge is -2.37. The van der Waals surface area contributed by atoms with Crippen molar-refractivity contribution >= 4 is 5.97 Å². The van der Waals surface area contributed by atoms with Crippen molar-refractivity contribution in [1.29, 1.82) is 0 Å². The second-order valence-electron chi connectivity index (χ2n) is 10.6. The molecule has 1 saturated carbocycles. The summed E-state index contributed by atoms with van der Waals surface area (Å²) in [6, 6.07) is 9.34. The van der Waals surface area contributed by atoms with Crippen molar-refractivity contribution < 1.29 is 31.8 Å². The molecule has 0 spiro atoms. The average molecular weight is 533 g/mol.